The van der Waals surface area contributed by atoms with Crippen LogP contribution in [-0.2, 0) is 11.3 Å². The largest absolute Gasteiger partial charge is 0.494 e. The molecule has 2 aromatic carbocycles. The van der Waals surface area contributed by atoms with Crippen LogP contribution in [-0.4, -0.2) is 65.9 Å². The van der Waals surface area contributed by atoms with Crippen LogP contribution in [0.25, 0.3) is 11.3 Å². The van der Waals surface area contributed by atoms with Crippen molar-refractivity contribution in [1.29, 1.82) is 0 Å². The van der Waals surface area contributed by atoms with Crippen molar-refractivity contribution in [2.75, 3.05) is 31.7 Å². The van der Waals surface area contributed by atoms with Crippen LogP contribution in [0.1, 0.15) is 35.8 Å². The number of aliphatic hydroxyl groups is 1. The number of nitrogens with one attached hydrogen (secondary N) is 1. The lowest BCUT2D eigenvalue weighted by atomic mass is 9.83. The van der Waals surface area contributed by atoms with Crippen LogP contribution in [0.2, 0.25) is 0 Å². The number of aliphatic hydroxyl groups excluding tert-OH is 1. The molecule has 8 nitrogen and oxygen atoms in total. The molecule has 1 aromatic heterocycles. The summed E-state index contributed by atoms with van der Waals surface area (Å²) in [6, 6.07) is 10.9. The fourth-order valence-corrected chi connectivity index (χ4v) is 4.83. The number of benzene rings is 2. The zero-order valence-corrected chi connectivity index (χ0v) is 22.0. The maximum atomic E-state index is 14.8. The molecule has 2 atom stereocenters. The average molecular weight is 563 g/mol. The van der Waals surface area contributed by atoms with Gasteiger partial charge in [-0.15, -0.1) is 0 Å². The van der Waals surface area contributed by atoms with Gasteiger partial charge in [-0.25, -0.2) is 32.3 Å². The molecule has 0 saturated carbocycles. The number of hydrogen-bond acceptors (Lipinski definition) is 8. The van der Waals surface area contributed by atoms with Crippen molar-refractivity contribution in [3.8, 4) is 17.0 Å². The Hall–Kier alpha value is -3.77. The van der Waals surface area contributed by atoms with Gasteiger partial charge in [0, 0.05) is 31.3 Å². The first kappa shape index (κ1) is 29.2. The van der Waals surface area contributed by atoms with Gasteiger partial charge in [-0.3, -0.25) is 0 Å². The number of carbonyl (C=O) groups is 1. The molecule has 2 heterocycles. The van der Waals surface area contributed by atoms with Crippen molar-refractivity contribution < 1.29 is 36.9 Å². The fraction of sp³-hybridized carbons (Fsp3) is 0.393. The summed E-state index contributed by atoms with van der Waals surface area (Å²) in [4.78, 5) is 23.1. The molecule has 0 radical (unpaired) electrons. The minimum atomic E-state index is -3.03. The summed E-state index contributed by atoms with van der Waals surface area (Å²) in [6.07, 6.45) is -3.27. The van der Waals surface area contributed by atoms with Gasteiger partial charge in [0.2, 0.25) is 0 Å². The van der Waals surface area contributed by atoms with Crippen LogP contribution in [0.15, 0.2) is 48.7 Å². The average Bonchev–Trinajstić information content (AvgIpc) is 2.97. The van der Waals surface area contributed by atoms with Gasteiger partial charge < -0.3 is 24.8 Å². The van der Waals surface area contributed by atoms with Crippen LogP contribution in [0, 0.1) is 11.6 Å². The summed E-state index contributed by atoms with van der Waals surface area (Å²) in [5.41, 5.74) is -1.29. The second-order valence-electron chi connectivity index (χ2n) is 9.41. The highest BCUT2D eigenvalue weighted by atomic mass is 19.3. The second kappa shape index (κ2) is 12.6. The third kappa shape index (κ3) is 6.18. The molecular formula is C28H30F4N4O4. The standard InChI is InChI=1S/C28H30F4N4O4/c1-3-40-27(38)23-26(33-15-21(35-23)18-12-20(30)22(39-2)13-19(18)29)36-11-7-10-28(16-36,24(37)25(31)32)34-14-17-8-5-4-6-9-17/h4-6,8-9,12-13,15,24-25,34,37H,3,7,10-11,14,16H2,1-2H3/t24-,28-/m1/s1. The molecule has 2 N–H and O–H groups in total. The zero-order chi connectivity index (χ0) is 28.9. The monoisotopic (exact) mass is 562 g/mol. The second-order valence-corrected chi connectivity index (χ2v) is 9.41. The molecule has 0 unspecified atom stereocenters. The number of nitrogens with zero attached hydrogens (tertiary/aromatic N) is 3. The third-order valence-electron chi connectivity index (χ3n) is 6.86. The van der Waals surface area contributed by atoms with E-state index in [0.29, 0.717) is 13.0 Å². The molecule has 4 rings (SSSR count). The van der Waals surface area contributed by atoms with Crippen LogP contribution in [0.5, 0.6) is 5.75 Å². The Morgan fingerprint density at radius 1 is 1.20 bits per heavy atom. The summed E-state index contributed by atoms with van der Waals surface area (Å²) in [5.74, 6) is -2.85. The highest BCUT2D eigenvalue weighted by molar-refractivity contribution is 5.93. The number of anilines is 1. The quantitative estimate of drug-likeness (QED) is 0.278. The number of alkyl halides is 2. The van der Waals surface area contributed by atoms with Crippen LogP contribution in [0.3, 0.4) is 0 Å². The fourth-order valence-electron chi connectivity index (χ4n) is 4.83. The van der Waals surface area contributed by atoms with E-state index in [1.165, 1.54) is 13.3 Å². The first-order valence-electron chi connectivity index (χ1n) is 12.8. The minimum absolute atomic E-state index is 0.00235. The van der Waals surface area contributed by atoms with Crippen molar-refractivity contribution in [2.24, 2.45) is 0 Å². The number of carbonyl (C=O) groups excluding carboxylic acids is 1. The number of esters is 1. The van der Waals surface area contributed by atoms with Crippen molar-refractivity contribution in [3.05, 3.63) is 71.6 Å². The molecule has 3 aromatic rings. The van der Waals surface area contributed by atoms with E-state index in [2.05, 4.69) is 15.3 Å². The van der Waals surface area contributed by atoms with Gasteiger partial charge in [0.15, 0.2) is 23.1 Å². The molecule has 1 saturated heterocycles. The number of piperidine rings is 1. The predicted octanol–water partition coefficient (Wildman–Crippen LogP) is 4.36. The molecule has 12 heteroatoms. The topological polar surface area (TPSA) is 96.8 Å². The molecule has 0 spiro atoms. The zero-order valence-electron chi connectivity index (χ0n) is 22.0. The van der Waals surface area contributed by atoms with Crippen LogP contribution >= 0.6 is 0 Å². The van der Waals surface area contributed by atoms with Gasteiger partial charge in [-0.2, -0.15) is 0 Å². The summed E-state index contributed by atoms with van der Waals surface area (Å²) >= 11 is 0. The van der Waals surface area contributed by atoms with Gasteiger partial charge in [0.05, 0.1) is 31.1 Å². The number of hydrogen-bond donors (Lipinski definition) is 2. The molecule has 1 aliphatic heterocycles. The SMILES string of the molecule is CCOC(=O)c1nc(-c2cc(F)c(OC)cc2F)cnc1N1CCC[C@](NCc2ccccc2)([C@H](O)C(F)F)C1. The molecule has 214 valence electrons. The molecule has 0 aliphatic carbocycles. The Morgan fingerprint density at radius 2 is 1.95 bits per heavy atom. The smallest absolute Gasteiger partial charge is 0.360 e. The van der Waals surface area contributed by atoms with Gasteiger partial charge in [-0.05, 0) is 31.4 Å². The Morgan fingerprint density at radius 3 is 2.62 bits per heavy atom. The number of halogens is 4. The lowest BCUT2D eigenvalue weighted by Gasteiger charge is -2.46. The Kier molecular flexibility index (Phi) is 9.21. The maximum absolute atomic E-state index is 14.8. The summed E-state index contributed by atoms with van der Waals surface area (Å²) in [5, 5.41) is 13.8. The van der Waals surface area contributed by atoms with Gasteiger partial charge >= 0.3 is 5.97 Å². The van der Waals surface area contributed by atoms with E-state index < -0.39 is 35.7 Å². The van der Waals surface area contributed by atoms with Gasteiger partial charge in [0.25, 0.3) is 6.43 Å². The van der Waals surface area contributed by atoms with Crippen molar-refractivity contribution in [3.63, 3.8) is 0 Å². The Labute approximate surface area is 229 Å². The lowest BCUT2D eigenvalue weighted by molar-refractivity contribution is -0.0658. The van der Waals surface area contributed by atoms with Gasteiger partial charge in [0.1, 0.15) is 11.9 Å². The van der Waals surface area contributed by atoms with Gasteiger partial charge in [-0.1, -0.05) is 30.3 Å². The highest BCUT2D eigenvalue weighted by Gasteiger charge is 2.46. The summed E-state index contributed by atoms with van der Waals surface area (Å²) in [6.45, 7) is 2.00. The molecule has 0 bridgehead atoms. The molecule has 1 fully saturated rings. The molecular weight excluding hydrogens is 532 g/mol. The van der Waals surface area contributed by atoms with E-state index in [1.54, 1.807) is 11.8 Å². The first-order chi connectivity index (χ1) is 19.2. The molecule has 0 amide bonds. The molecule has 40 heavy (non-hydrogen) atoms. The first-order valence-corrected chi connectivity index (χ1v) is 12.8. The molecule has 1 aliphatic rings. The van der Waals surface area contributed by atoms with E-state index in [9.17, 15) is 27.5 Å². The van der Waals surface area contributed by atoms with Crippen LogP contribution < -0.4 is 15.0 Å². The lowest BCUT2D eigenvalue weighted by Crippen LogP contribution is -2.65. The summed E-state index contributed by atoms with van der Waals surface area (Å²) in [7, 11) is 1.20. The number of methoxy groups -OCH3 is 1. The van der Waals surface area contributed by atoms with E-state index in [1.807, 2.05) is 30.3 Å². The van der Waals surface area contributed by atoms with E-state index in [0.717, 1.165) is 17.7 Å². The Balaban J connectivity index is 1.72. The number of ether oxygens (including phenoxy) is 2. The van der Waals surface area contributed by atoms with Crippen LogP contribution in [0.4, 0.5) is 23.4 Å². The maximum Gasteiger partial charge on any atom is 0.360 e. The number of rotatable bonds is 10. The predicted molar refractivity (Wildman–Crippen MR) is 139 cm³/mol. The third-order valence-corrected chi connectivity index (χ3v) is 6.86. The van der Waals surface area contributed by atoms with Crippen molar-refractivity contribution >= 4 is 11.8 Å². The summed E-state index contributed by atoms with van der Waals surface area (Å²) < 4.78 is 66.9. The van der Waals surface area contributed by atoms with Crippen molar-refractivity contribution in [1.82, 2.24) is 15.3 Å². The normalized spacial score (nSPS) is 18.1. The minimum Gasteiger partial charge on any atom is -0.494 e. The highest BCUT2D eigenvalue weighted by Crippen LogP contribution is 2.34. The number of aromatic nitrogens is 2. The van der Waals surface area contributed by atoms with E-state index in [4.69, 9.17) is 9.47 Å². The van der Waals surface area contributed by atoms with E-state index >= 15 is 0 Å². The Bertz CT molecular complexity index is 1330. The van der Waals surface area contributed by atoms with Crippen molar-refractivity contribution in [2.45, 2.75) is 44.4 Å². The van der Waals surface area contributed by atoms with E-state index in [-0.39, 0.29) is 54.6 Å².